The molecule has 4 nitrogen and oxygen atoms in total. The second kappa shape index (κ2) is 6.31. The van der Waals surface area contributed by atoms with Crippen LogP contribution in [-0.2, 0) is 0 Å². The van der Waals surface area contributed by atoms with Gasteiger partial charge in [0.15, 0.2) is 0 Å². The lowest BCUT2D eigenvalue weighted by molar-refractivity contribution is 0.165. The topological polar surface area (TPSA) is 41.0 Å². The van der Waals surface area contributed by atoms with E-state index in [1.165, 1.54) is 38.9 Å². The van der Waals surface area contributed by atoms with Crippen molar-refractivity contribution in [1.29, 1.82) is 0 Å². The molecule has 1 aromatic heterocycles. The van der Waals surface area contributed by atoms with E-state index in [-0.39, 0.29) is 0 Å². The van der Waals surface area contributed by atoms with Gasteiger partial charge in [-0.2, -0.15) is 0 Å². The third-order valence-electron chi connectivity index (χ3n) is 3.50. The second-order valence-electron chi connectivity index (χ2n) is 4.88. The van der Waals surface area contributed by atoms with Crippen LogP contribution >= 0.6 is 11.3 Å². The molecule has 2 atom stereocenters. The Labute approximate surface area is 107 Å². The van der Waals surface area contributed by atoms with Crippen molar-refractivity contribution in [2.75, 3.05) is 25.0 Å². The molecule has 1 aliphatic rings. The van der Waals surface area contributed by atoms with Crippen LogP contribution in [-0.4, -0.2) is 40.8 Å². The van der Waals surface area contributed by atoms with E-state index in [1.54, 1.807) is 16.8 Å². The van der Waals surface area contributed by atoms with Gasteiger partial charge in [-0.15, -0.1) is 10.2 Å². The van der Waals surface area contributed by atoms with E-state index < -0.39 is 0 Å². The Bertz CT molecular complexity index is 312. The van der Waals surface area contributed by atoms with Gasteiger partial charge in [-0.25, -0.2) is 0 Å². The van der Waals surface area contributed by atoms with Gasteiger partial charge in [0.2, 0.25) is 5.13 Å². The van der Waals surface area contributed by atoms with Crippen LogP contribution in [0.1, 0.15) is 33.1 Å². The van der Waals surface area contributed by atoms with E-state index in [2.05, 4.69) is 34.3 Å². The van der Waals surface area contributed by atoms with E-state index in [4.69, 9.17) is 0 Å². The number of anilines is 1. The predicted octanol–water partition coefficient (Wildman–Crippen LogP) is 2.46. The van der Waals surface area contributed by atoms with E-state index in [0.29, 0.717) is 6.04 Å². The van der Waals surface area contributed by atoms with E-state index >= 15 is 0 Å². The normalized spacial score (nSPS) is 23.5. The first-order valence-corrected chi connectivity index (χ1v) is 7.42. The maximum atomic E-state index is 4.05. The summed E-state index contributed by atoms with van der Waals surface area (Å²) in [7, 11) is 0. The summed E-state index contributed by atoms with van der Waals surface area (Å²) in [6.45, 7) is 8.26. The number of aromatic nitrogens is 2. The Morgan fingerprint density at radius 3 is 3.24 bits per heavy atom. The molecule has 0 aliphatic carbocycles. The van der Waals surface area contributed by atoms with Crippen LogP contribution in [0.3, 0.4) is 0 Å². The van der Waals surface area contributed by atoms with Crippen molar-refractivity contribution in [2.45, 2.75) is 39.2 Å². The minimum atomic E-state index is 0.489. The fourth-order valence-electron chi connectivity index (χ4n) is 2.57. The average molecular weight is 254 g/mol. The molecule has 0 amide bonds. The molecular weight excluding hydrogens is 232 g/mol. The first-order valence-electron chi connectivity index (χ1n) is 6.54. The lowest BCUT2D eigenvalue weighted by atomic mass is 9.91. The zero-order valence-corrected chi connectivity index (χ0v) is 11.5. The van der Waals surface area contributed by atoms with Crippen LogP contribution in [0.15, 0.2) is 5.51 Å². The minimum Gasteiger partial charge on any atom is -0.357 e. The molecule has 0 saturated carbocycles. The summed E-state index contributed by atoms with van der Waals surface area (Å²) in [4.78, 5) is 2.59. The summed E-state index contributed by atoms with van der Waals surface area (Å²) in [5.74, 6) is 0.735. The molecule has 2 heterocycles. The number of piperidine rings is 1. The maximum Gasteiger partial charge on any atom is 0.205 e. The van der Waals surface area contributed by atoms with Crippen LogP contribution in [0.25, 0.3) is 0 Å². The van der Waals surface area contributed by atoms with Gasteiger partial charge in [0.05, 0.1) is 0 Å². The van der Waals surface area contributed by atoms with Crippen molar-refractivity contribution in [3.63, 3.8) is 0 Å². The molecule has 5 heteroatoms. The Morgan fingerprint density at radius 1 is 1.65 bits per heavy atom. The van der Waals surface area contributed by atoms with E-state index in [9.17, 15) is 0 Å². The van der Waals surface area contributed by atoms with Crippen LogP contribution in [0, 0.1) is 5.92 Å². The van der Waals surface area contributed by atoms with E-state index in [0.717, 1.165) is 11.0 Å². The summed E-state index contributed by atoms with van der Waals surface area (Å²) in [6.07, 6.45) is 3.91. The van der Waals surface area contributed by atoms with Gasteiger partial charge in [0.25, 0.3) is 0 Å². The Balaban J connectivity index is 1.84. The number of nitrogens with zero attached hydrogens (tertiary/aromatic N) is 3. The zero-order valence-electron chi connectivity index (χ0n) is 10.7. The summed E-state index contributed by atoms with van der Waals surface area (Å²) >= 11 is 1.58. The van der Waals surface area contributed by atoms with Crippen molar-refractivity contribution >= 4 is 16.5 Å². The Kier molecular flexibility index (Phi) is 4.74. The molecule has 2 unspecified atom stereocenters. The highest BCUT2D eigenvalue weighted by Gasteiger charge is 2.24. The molecule has 0 spiro atoms. The Hall–Kier alpha value is -0.680. The third kappa shape index (κ3) is 3.64. The van der Waals surface area contributed by atoms with Gasteiger partial charge in [-0.1, -0.05) is 18.3 Å². The van der Waals surface area contributed by atoms with Gasteiger partial charge in [-0.3, -0.25) is 0 Å². The van der Waals surface area contributed by atoms with Crippen LogP contribution < -0.4 is 5.32 Å². The standard InChI is InChI=1S/C12H22N4S/c1-3-6-16-7-4-5-11(8-16)10(2)14-12-15-13-9-17-12/h9-11H,3-8H2,1-2H3,(H,14,15). The molecule has 1 aromatic rings. The molecule has 0 radical (unpaired) electrons. The zero-order chi connectivity index (χ0) is 12.1. The highest BCUT2D eigenvalue weighted by molar-refractivity contribution is 7.13. The first-order chi connectivity index (χ1) is 8.29. The predicted molar refractivity (Wildman–Crippen MR) is 72.4 cm³/mol. The molecule has 96 valence electrons. The average Bonchev–Trinajstić information content (AvgIpc) is 2.83. The van der Waals surface area contributed by atoms with Crippen molar-refractivity contribution in [3.8, 4) is 0 Å². The number of rotatable bonds is 5. The van der Waals surface area contributed by atoms with Crippen molar-refractivity contribution in [3.05, 3.63) is 5.51 Å². The van der Waals surface area contributed by atoms with Gasteiger partial charge >= 0.3 is 0 Å². The molecule has 1 N–H and O–H groups in total. The highest BCUT2D eigenvalue weighted by Crippen LogP contribution is 2.22. The molecule has 1 aliphatic heterocycles. The minimum absolute atomic E-state index is 0.489. The lowest BCUT2D eigenvalue weighted by Crippen LogP contribution is -2.42. The van der Waals surface area contributed by atoms with Crippen LogP contribution in [0.2, 0.25) is 0 Å². The molecule has 2 rings (SSSR count). The number of hydrogen-bond acceptors (Lipinski definition) is 5. The smallest absolute Gasteiger partial charge is 0.205 e. The van der Waals surface area contributed by atoms with E-state index in [1.807, 2.05) is 0 Å². The van der Waals surface area contributed by atoms with Gasteiger partial charge in [0.1, 0.15) is 5.51 Å². The molecule has 0 aromatic carbocycles. The van der Waals surface area contributed by atoms with Crippen LogP contribution in [0.5, 0.6) is 0 Å². The van der Waals surface area contributed by atoms with Crippen molar-refractivity contribution in [1.82, 2.24) is 15.1 Å². The highest BCUT2D eigenvalue weighted by atomic mass is 32.1. The molecule has 0 bridgehead atoms. The Morgan fingerprint density at radius 2 is 2.53 bits per heavy atom. The third-order valence-corrected chi connectivity index (χ3v) is 4.12. The maximum absolute atomic E-state index is 4.05. The summed E-state index contributed by atoms with van der Waals surface area (Å²) < 4.78 is 0. The number of hydrogen-bond donors (Lipinski definition) is 1. The SMILES string of the molecule is CCCN1CCCC(C(C)Nc2nncs2)C1. The van der Waals surface area contributed by atoms with Crippen molar-refractivity contribution in [2.24, 2.45) is 5.92 Å². The molecule has 1 saturated heterocycles. The van der Waals surface area contributed by atoms with Crippen LogP contribution in [0.4, 0.5) is 5.13 Å². The lowest BCUT2D eigenvalue weighted by Gasteiger charge is -2.35. The van der Waals surface area contributed by atoms with Crippen molar-refractivity contribution < 1.29 is 0 Å². The monoisotopic (exact) mass is 254 g/mol. The summed E-state index contributed by atoms with van der Waals surface area (Å²) in [5.41, 5.74) is 1.78. The fourth-order valence-corrected chi connectivity index (χ4v) is 3.11. The van der Waals surface area contributed by atoms with Gasteiger partial charge < -0.3 is 10.2 Å². The quantitative estimate of drug-likeness (QED) is 0.876. The number of likely N-dealkylation sites (tertiary alicyclic amines) is 1. The summed E-state index contributed by atoms with van der Waals surface area (Å²) in [6, 6.07) is 0.489. The first kappa shape index (κ1) is 12.8. The van der Waals surface area contributed by atoms with Gasteiger partial charge in [0, 0.05) is 12.6 Å². The fraction of sp³-hybridized carbons (Fsp3) is 0.833. The summed E-state index contributed by atoms with van der Waals surface area (Å²) in [5, 5.41) is 12.3. The largest absolute Gasteiger partial charge is 0.357 e. The van der Waals surface area contributed by atoms with Gasteiger partial charge in [-0.05, 0) is 45.2 Å². The molecule has 1 fully saturated rings. The molecular formula is C12H22N4S. The second-order valence-corrected chi connectivity index (χ2v) is 5.71. The molecule has 17 heavy (non-hydrogen) atoms. The number of nitrogens with one attached hydrogen (secondary N) is 1.